The van der Waals surface area contributed by atoms with Crippen LogP contribution in [0.15, 0.2) is 54.7 Å². The maximum absolute atomic E-state index is 13.4. The van der Waals surface area contributed by atoms with Gasteiger partial charge in [-0.05, 0) is 90.9 Å². The minimum Gasteiger partial charge on any atom is -0.378 e. The van der Waals surface area contributed by atoms with Crippen molar-refractivity contribution < 1.29 is 23.9 Å². The second kappa shape index (κ2) is 14.6. The first-order chi connectivity index (χ1) is 23.3. The number of nitrogens with zero attached hydrogens (tertiary/aromatic N) is 2. The zero-order chi connectivity index (χ0) is 33.7. The molecule has 2 aliphatic heterocycles. The third-order valence-corrected chi connectivity index (χ3v) is 9.32. The fourth-order valence-corrected chi connectivity index (χ4v) is 7.00. The molecule has 1 aliphatic carbocycles. The summed E-state index contributed by atoms with van der Waals surface area (Å²) in [4.78, 5) is 45.7. The fourth-order valence-electron chi connectivity index (χ4n) is 7.00. The molecular formula is C38H43N5O5. The van der Waals surface area contributed by atoms with Crippen molar-refractivity contribution >= 4 is 41.8 Å². The molecule has 48 heavy (non-hydrogen) atoms. The Morgan fingerprint density at radius 3 is 2.79 bits per heavy atom. The van der Waals surface area contributed by atoms with E-state index in [1.165, 1.54) is 5.69 Å². The van der Waals surface area contributed by atoms with E-state index in [1.54, 1.807) is 12.3 Å². The quantitative estimate of drug-likeness (QED) is 0.179. The highest BCUT2D eigenvalue weighted by molar-refractivity contribution is 6.06. The summed E-state index contributed by atoms with van der Waals surface area (Å²) in [5.41, 5.74) is 7.82. The molecule has 0 fully saturated rings. The number of pyridine rings is 1. The van der Waals surface area contributed by atoms with Crippen molar-refractivity contribution in [2.75, 3.05) is 63.8 Å². The number of fused-ring (bicyclic) bond motifs is 4. The number of nitrogens with one attached hydrogen (secondary N) is 3. The van der Waals surface area contributed by atoms with E-state index >= 15 is 0 Å². The number of aryl methyl sites for hydroxylation is 1. The van der Waals surface area contributed by atoms with Gasteiger partial charge in [-0.15, -0.1) is 0 Å². The molecule has 3 N–H and O–H groups in total. The summed E-state index contributed by atoms with van der Waals surface area (Å²) in [7, 11) is 3.95. The number of aldehydes is 1. The van der Waals surface area contributed by atoms with Crippen molar-refractivity contribution in [1.82, 2.24) is 15.6 Å². The Hall–Kier alpha value is -4.64. The Balaban J connectivity index is 1.10. The summed E-state index contributed by atoms with van der Waals surface area (Å²) in [5, 5.41) is 8.92. The molecule has 3 aromatic rings. The van der Waals surface area contributed by atoms with E-state index in [0.29, 0.717) is 57.1 Å². The molecule has 2 atom stereocenters. The van der Waals surface area contributed by atoms with Crippen LogP contribution in [0.2, 0.25) is 0 Å². The van der Waals surface area contributed by atoms with Crippen molar-refractivity contribution in [1.29, 1.82) is 0 Å². The molecule has 1 spiro atoms. The zero-order valence-electron chi connectivity index (χ0n) is 27.8. The van der Waals surface area contributed by atoms with E-state index in [-0.39, 0.29) is 11.8 Å². The number of ether oxygens (including phenoxy) is 2. The van der Waals surface area contributed by atoms with Gasteiger partial charge in [0.1, 0.15) is 12.1 Å². The topological polar surface area (TPSA) is 122 Å². The number of aromatic nitrogens is 1. The van der Waals surface area contributed by atoms with Crippen LogP contribution in [-0.2, 0) is 43.7 Å². The van der Waals surface area contributed by atoms with Gasteiger partial charge < -0.3 is 35.1 Å². The van der Waals surface area contributed by atoms with Gasteiger partial charge in [0.15, 0.2) is 0 Å². The van der Waals surface area contributed by atoms with E-state index in [1.807, 2.05) is 37.4 Å². The number of carbonyl (C=O) groups is 3. The third kappa shape index (κ3) is 6.96. The second-order valence-corrected chi connectivity index (χ2v) is 12.8. The standard InChI is InChI=1S/C38H43N5O5/c1-25-16-27(17-28-7-4-11-43(3)34(25)28)18-32(24-44)41-36(45)29-8-9-30-21-38(22-31(30)20-29)33-19-26(23-40-35(33)42-37(38)46)6-5-12-47-14-15-48-13-10-39-2/h4-9,16-17,19-20,23-24,32,39H,10-15,18,21-22H2,1-3H3,(H,41,45)(H,40,42,46)/b6-5+/t32-,38-/m1/s1. The SMILES string of the molecule is CNCCOCCOC/C=C/c1cnc2c(c1)[C@]1(Cc3ccc(C(=O)N[C@@H](C=O)Cc4cc(C)c5c(c4)C=CCN5C)cc3C1)C(=O)N2. The Labute approximate surface area is 281 Å². The number of benzene rings is 2. The largest absolute Gasteiger partial charge is 0.378 e. The fraction of sp³-hybridized carbons (Fsp3) is 0.368. The third-order valence-electron chi connectivity index (χ3n) is 9.32. The molecular weight excluding hydrogens is 606 g/mol. The van der Waals surface area contributed by atoms with Crippen molar-refractivity contribution in [3.8, 4) is 0 Å². The summed E-state index contributed by atoms with van der Waals surface area (Å²) in [6, 6.07) is 11.1. The molecule has 0 bridgehead atoms. The highest BCUT2D eigenvalue weighted by Crippen LogP contribution is 2.47. The van der Waals surface area contributed by atoms with E-state index in [4.69, 9.17) is 9.47 Å². The maximum Gasteiger partial charge on any atom is 0.251 e. The lowest BCUT2D eigenvalue weighted by Gasteiger charge is -2.26. The number of carbonyl (C=O) groups excluding carboxylic acids is 3. The lowest BCUT2D eigenvalue weighted by Crippen LogP contribution is -2.37. The van der Waals surface area contributed by atoms with Gasteiger partial charge in [-0.2, -0.15) is 0 Å². The minimum atomic E-state index is -0.789. The summed E-state index contributed by atoms with van der Waals surface area (Å²) >= 11 is 0. The van der Waals surface area contributed by atoms with Crippen LogP contribution in [0.4, 0.5) is 11.5 Å². The molecule has 0 saturated carbocycles. The van der Waals surface area contributed by atoms with Gasteiger partial charge in [0, 0.05) is 43.1 Å². The molecule has 250 valence electrons. The van der Waals surface area contributed by atoms with Crippen LogP contribution < -0.4 is 20.9 Å². The van der Waals surface area contributed by atoms with Crippen LogP contribution in [0.1, 0.15) is 49.3 Å². The number of likely N-dealkylation sites (N-methyl/N-ethyl adjacent to an activating group) is 2. The average molecular weight is 650 g/mol. The lowest BCUT2D eigenvalue weighted by atomic mass is 9.79. The van der Waals surface area contributed by atoms with Crippen LogP contribution in [0.25, 0.3) is 12.2 Å². The van der Waals surface area contributed by atoms with Gasteiger partial charge in [-0.1, -0.05) is 36.4 Å². The van der Waals surface area contributed by atoms with Crippen LogP contribution in [0, 0.1) is 6.92 Å². The maximum atomic E-state index is 13.4. The summed E-state index contributed by atoms with van der Waals surface area (Å²) < 4.78 is 11.1. The molecule has 1 aromatic heterocycles. The van der Waals surface area contributed by atoms with Crippen LogP contribution >= 0.6 is 0 Å². The molecule has 0 radical (unpaired) electrons. The highest BCUT2D eigenvalue weighted by atomic mass is 16.5. The molecule has 0 unspecified atom stereocenters. The summed E-state index contributed by atoms with van der Waals surface area (Å²) in [5.74, 6) is 0.172. The number of hydrogen-bond donors (Lipinski definition) is 3. The number of rotatable bonds is 14. The Morgan fingerprint density at radius 2 is 1.96 bits per heavy atom. The van der Waals surface area contributed by atoms with Crippen LogP contribution in [-0.4, -0.2) is 82.7 Å². The van der Waals surface area contributed by atoms with Gasteiger partial charge >= 0.3 is 0 Å². The Bertz CT molecular complexity index is 1770. The van der Waals surface area contributed by atoms with E-state index in [2.05, 4.69) is 64.1 Å². The smallest absolute Gasteiger partial charge is 0.251 e. The van der Waals surface area contributed by atoms with Gasteiger partial charge in [0.25, 0.3) is 5.91 Å². The van der Waals surface area contributed by atoms with E-state index < -0.39 is 11.5 Å². The molecule has 0 saturated heterocycles. The van der Waals surface area contributed by atoms with Crippen molar-refractivity contribution in [2.45, 2.75) is 37.6 Å². The second-order valence-electron chi connectivity index (χ2n) is 12.8. The molecule has 2 amide bonds. The van der Waals surface area contributed by atoms with Crippen LogP contribution in [0.3, 0.4) is 0 Å². The Kier molecular flexibility index (Phi) is 10.1. The first-order valence-corrected chi connectivity index (χ1v) is 16.5. The average Bonchev–Trinajstić information content (AvgIpc) is 3.59. The minimum absolute atomic E-state index is 0.0858. The predicted molar refractivity (Wildman–Crippen MR) is 187 cm³/mol. The van der Waals surface area contributed by atoms with Gasteiger partial charge in [0.05, 0.1) is 37.9 Å². The van der Waals surface area contributed by atoms with E-state index in [0.717, 1.165) is 58.3 Å². The van der Waals surface area contributed by atoms with Crippen LogP contribution in [0.5, 0.6) is 0 Å². The molecule has 6 rings (SSSR count). The lowest BCUT2D eigenvalue weighted by molar-refractivity contribution is -0.120. The van der Waals surface area contributed by atoms with Crippen molar-refractivity contribution in [3.05, 3.63) is 99.3 Å². The molecule has 10 heteroatoms. The summed E-state index contributed by atoms with van der Waals surface area (Å²) in [6.45, 7) is 5.88. The molecule has 2 aromatic carbocycles. The van der Waals surface area contributed by atoms with Crippen molar-refractivity contribution in [3.63, 3.8) is 0 Å². The number of hydrogen-bond acceptors (Lipinski definition) is 8. The predicted octanol–water partition coefficient (Wildman–Crippen LogP) is 3.65. The molecule has 10 nitrogen and oxygen atoms in total. The number of anilines is 2. The molecule has 3 heterocycles. The van der Waals surface area contributed by atoms with Crippen molar-refractivity contribution in [2.24, 2.45) is 0 Å². The Morgan fingerprint density at radius 1 is 1.12 bits per heavy atom. The monoisotopic (exact) mass is 649 g/mol. The van der Waals surface area contributed by atoms with E-state index in [9.17, 15) is 14.4 Å². The van der Waals surface area contributed by atoms with Gasteiger partial charge in [0.2, 0.25) is 5.91 Å². The highest BCUT2D eigenvalue weighted by Gasteiger charge is 2.51. The normalized spacial score (nSPS) is 18.1. The van der Waals surface area contributed by atoms with Gasteiger partial charge in [-0.25, -0.2) is 4.98 Å². The number of amides is 2. The zero-order valence-corrected chi connectivity index (χ0v) is 27.8. The molecule has 3 aliphatic rings. The first-order valence-electron chi connectivity index (χ1n) is 16.5. The summed E-state index contributed by atoms with van der Waals surface area (Å²) in [6.07, 6.45) is 12.0. The van der Waals surface area contributed by atoms with Gasteiger partial charge in [-0.3, -0.25) is 9.59 Å². The first kappa shape index (κ1) is 33.3.